The van der Waals surface area contributed by atoms with E-state index in [0.717, 1.165) is 65.6 Å². The average Bonchev–Trinajstić information content (AvgIpc) is 3.81. The summed E-state index contributed by atoms with van der Waals surface area (Å²) in [6.45, 7) is 5.76. The van der Waals surface area contributed by atoms with Crippen LogP contribution in [0.25, 0.3) is 22.5 Å². The van der Waals surface area contributed by atoms with E-state index >= 15 is 0 Å². The summed E-state index contributed by atoms with van der Waals surface area (Å²) >= 11 is 0. The van der Waals surface area contributed by atoms with Gasteiger partial charge < -0.3 is 4.74 Å². The maximum atomic E-state index is 5.62. The van der Waals surface area contributed by atoms with Gasteiger partial charge in [0.25, 0.3) is 0 Å². The molecular weight excluding hydrogens is 629 g/mol. The highest BCUT2D eigenvalue weighted by Gasteiger charge is 2.41. The molecule has 2 heterocycles. The van der Waals surface area contributed by atoms with Crippen molar-refractivity contribution in [2.24, 2.45) is 0 Å². The van der Waals surface area contributed by atoms with Gasteiger partial charge in [-0.25, -0.2) is 0 Å². The molecule has 51 heavy (non-hydrogen) atoms. The summed E-state index contributed by atoms with van der Waals surface area (Å²) in [6, 6.07) is 48.5. The first kappa shape index (κ1) is 33.8. The van der Waals surface area contributed by atoms with E-state index in [1.807, 2.05) is 24.3 Å². The molecule has 0 amide bonds. The Morgan fingerprint density at radius 1 is 0.647 bits per heavy atom. The van der Waals surface area contributed by atoms with E-state index in [0.29, 0.717) is 12.4 Å². The molecule has 0 bridgehead atoms. The van der Waals surface area contributed by atoms with Gasteiger partial charge in [0.05, 0.1) is 18.0 Å². The monoisotopic (exact) mass is 672 g/mol. The van der Waals surface area contributed by atoms with Crippen molar-refractivity contribution >= 4 is 0 Å². The van der Waals surface area contributed by atoms with Crippen LogP contribution < -0.4 is 0 Å². The van der Waals surface area contributed by atoms with Crippen LogP contribution in [0, 0.1) is 0 Å². The molecule has 0 atom stereocenters. The Morgan fingerprint density at radius 3 is 1.76 bits per heavy atom. The smallest absolute Gasteiger partial charge is 0.205 e. The standard InChI is InChI=1S/C44H44N6O/c1-4-6-26-41-40(42(32-51-3)49(5-2)46-41)31-33-27-29-34(30-28-33)38-24-16-17-25-39(38)43-45-48-50(47-43)44(35-18-10-7-11-19-35,36-20-12-8-13-21-36)37-22-14-9-15-23-37/h7-25,27-30H,4-6,26,31-32H2,1-3H3. The molecule has 0 saturated carbocycles. The van der Waals surface area contributed by atoms with E-state index in [1.165, 1.54) is 22.5 Å². The molecule has 0 saturated heterocycles. The van der Waals surface area contributed by atoms with Crippen LogP contribution in [0.5, 0.6) is 0 Å². The van der Waals surface area contributed by atoms with Gasteiger partial charge in [-0.15, -0.1) is 15.0 Å². The second-order valence-electron chi connectivity index (χ2n) is 12.9. The third-order valence-corrected chi connectivity index (χ3v) is 9.70. The maximum absolute atomic E-state index is 5.62. The predicted octanol–water partition coefficient (Wildman–Crippen LogP) is 9.14. The van der Waals surface area contributed by atoms with Crippen LogP contribution in [-0.2, 0) is 36.3 Å². The third kappa shape index (κ3) is 6.65. The van der Waals surface area contributed by atoms with Crippen LogP contribution >= 0.6 is 0 Å². The van der Waals surface area contributed by atoms with Gasteiger partial charge in [0.15, 0.2) is 5.54 Å². The Bertz CT molecular complexity index is 2060. The SMILES string of the molecule is CCCCc1nn(CC)c(COC)c1Cc1ccc(-c2ccccc2-c2nnn(C(c3ccccc3)(c3ccccc3)c3ccccc3)n2)cc1. The molecule has 5 aromatic carbocycles. The number of hydrogen-bond donors (Lipinski definition) is 0. The van der Waals surface area contributed by atoms with Crippen molar-refractivity contribution in [1.29, 1.82) is 0 Å². The van der Waals surface area contributed by atoms with E-state index in [2.05, 4.69) is 134 Å². The summed E-state index contributed by atoms with van der Waals surface area (Å²) in [7, 11) is 1.76. The summed E-state index contributed by atoms with van der Waals surface area (Å²) in [5.74, 6) is 0.568. The zero-order chi connectivity index (χ0) is 35.0. The number of tetrazole rings is 1. The molecule has 0 N–H and O–H groups in total. The highest BCUT2D eigenvalue weighted by Crippen LogP contribution is 2.40. The summed E-state index contributed by atoms with van der Waals surface area (Å²) in [6.07, 6.45) is 4.06. The fourth-order valence-corrected chi connectivity index (χ4v) is 7.18. The minimum Gasteiger partial charge on any atom is -0.378 e. The molecule has 0 fully saturated rings. The third-order valence-electron chi connectivity index (χ3n) is 9.70. The number of aryl methyl sites for hydroxylation is 2. The first-order valence-electron chi connectivity index (χ1n) is 17.9. The maximum Gasteiger partial charge on any atom is 0.205 e. The van der Waals surface area contributed by atoms with Gasteiger partial charge in [-0.3, -0.25) is 4.68 Å². The van der Waals surface area contributed by atoms with Gasteiger partial charge in [-0.1, -0.05) is 153 Å². The molecule has 256 valence electrons. The Hall–Kier alpha value is -5.66. The van der Waals surface area contributed by atoms with Crippen LogP contribution in [-0.4, -0.2) is 37.1 Å². The molecule has 0 aliphatic rings. The van der Waals surface area contributed by atoms with Crippen molar-refractivity contribution in [2.45, 2.75) is 58.2 Å². The minimum absolute atomic E-state index is 0.557. The summed E-state index contributed by atoms with van der Waals surface area (Å²) in [5.41, 5.74) is 10.3. The molecular formula is C44H44N6O. The Morgan fingerprint density at radius 2 is 1.22 bits per heavy atom. The average molecular weight is 673 g/mol. The van der Waals surface area contributed by atoms with E-state index in [1.54, 1.807) is 11.9 Å². The lowest BCUT2D eigenvalue weighted by molar-refractivity contribution is 0.176. The number of hydrogen-bond acceptors (Lipinski definition) is 5. The Labute approximate surface area is 300 Å². The summed E-state index contributed by atoms with van der Waals surface area (Å²) in [5, 5.41) is 19.7. The molecule has 2 aromatic heterocycles. The quantitative estimate of drug-likeness (QED) is 0.108. The lowest BCUT2D eigenvalue weighted by Gasteiger charge is -2.34. The van der Waals surface area contributed by atoms with Gasteiger partial charge in [0.1, 0.15) is 0 Å². The molecule has 7 heteroatoms. The fourth-order valence-electron chi connectivity index (χ4n) is 7.18. The first-order valence-corrected chi connectivity index (χ1v) is 17.9. The normalized spacial score (nSPS) is 11.6. The van der Waals surface area contributed by atoms with Crippen molar-refractivity contribution in [3.05, 3.63) is 179 Å². The first-order chi connectivity index (χ1) is 25.2. The summed E-state index contributed by atoms with van der Waals surface area (Å²) < 4.78 is 7.72. The predicted molar refractivity (Wildman–Crippen MR) is 203 cm³/mol. The van der Waals surface area contributed by atoms with Crippen LogP contribution in [0.15, 0.2) is 140 Å². The lowest BCUT2D eigenvalue weighted by Crippen LogP contribution is -2.39. The topological polar surface area (TPSA) is 70.7 Å². The Kier molecular flexibility index (Phi) is 10.3. The second kappa shape index (κ2) is 15.5. The van der Waals surface area contributed by atoms with Gasteiger partial charge in [0, 0.05) is 31.2 Å². The number of nitrogens with zero attached hydrogens (tertiary/aromatic N) is 6. The van der Waals surface area contributed by atoms with E-state index in [-0.39, 0.29) is 0 Å². The lowest BCUT2D eigenvalue weighted by atomic mass is 9.77. The van der Waals surface area contributed by atoms with Gasteiger partial charge in [-0.05, 0) is 58.4 Å². The molecule has 0 aliphatic heterocycles. The van der Waals surface area contributed by atoms with Gasteiger partial charge in [0.2, 0.25) is 5.82 Å². The van der Waals surface area contributed by atoms with E-state index in [9.17, 15) is 0 Å². The van der Waals surface area contributed by atoms with Crippen molar-refractivity contribution in [3.8, 4) is 22.5 Å². The van der Waals surface area contributed by atoms with E-state index < -0.39 is 5.54 Å². The van der Waals surface area contributed by atoms with E-state index in [4.69, 9.17) is 25.2 Å². The molecule has 7 aromatic rings. The second-order valence-corrected chi connectivity index (χ2v) is 12.9. The highest BCUT2D eigenvalue weighted by molar-refractivity contribution is 5.80. The fraction of sp³-hybridized carbons (Fsp3) is 0.227. The largest absolute Gasteiger partial charge is 0.378 e. The molecule has 0 unspecified atom stereocenters. The Balaban J connectivity index is 1.27. The van der Waals surface area contributed by atoms with Gasteiger partial charge >= 0.3 is 0 Å². The van der Waals surface area contributed by atoms with Crippen molar-refractivity contribution < 1.29 is 4.74 Å². The molecule has 7 nitrogen and oxygen atoms in total. The summed E-state index contributed by atoms with van der Waals surface area (Å²) in [4.78, 5) is 1.78. The van der Waals surface area contributed by atoms with Crippen LogP contribution in [0.4, 0.5) is 0 Å². The minimum atomic E-state index is -0.838. The molecule has 7 rings (SSSR count). The number of aromatic nitrogens is 6. The van der Waals surface area contributed by atoms with Crippen molar-refractivity contribution in [3.63, 3.8) is 0 Å². The number of methoxy groups -OCH3 is 1. The number of benzene rings is 5. The number of unbranched alkanes of at least 4 members (excludes halogenated alkanes) is 1. The van der Waals surface area contributed by atoms with Crippen LogP contribution in [0.2, 0.25) is 0 Å². The zero-order valence-electron chi connectivity index (χ0n) is 29.6. The number of rotatable bonds is 14. The van der Waals surface area contributed by atoms with Gasteiger partial charge in [-0.2, -0.15) is 5.10 Å². The zero-order valence-corrected chi connectivity index (χ0v) is 29.6. The highest BCUT2D eigenvalue weighted by atomic mass is 16.5. The van der Waals surface area contributed by atoms with Crippen LogP contribution in [0.1, 0.15) is 65.9 Å². The number of ether oxygens (including phenoxy) is 1. The van der Waals surface area contributed by atoms with Crippen molar-refractivity contribution in [2.75, 3.05) is 7.11 Å². The molecule has 0 radical (unpaired) electrons. The van der Waals surface area contributed by atoms with Crippen LogP contribution in [0.3, 0.4) is 0 Å². The molecule has 0 spiro atoms. The molecule has 0 aliphatic carbocycles. The van der Waals surface area contributed by atoms with Crippen molar-refractivity contribution in [1.82, 2.24) is 30.0 Å².